The molecule has 216 valence electrons. The molecule has 2 aliphatic rings. The fourth-order valence-corrected chi connectivity index (χ4v) is 5.86. The van der Waals surface area contributed by atoms with Crippen molar-refractivity contribution in [3.63, 3.8) is 0 Å². The molecule has 3 heterocycles. The van der Waals surface area contributed by atoms with E-state index < -0.39 is 23.8 Å². The van der Waals surface area contributed by atoms with E-state index in [9.17, 15) is 18.4 Å². The third-order valence-corrected chi connectivity index (χ3v) is 8.25. The van der Waals surface area contributed by atoms with Gasteiger partial charge < -0.3 is 25.2 Å². The summed E-state index contributed by atoms with van der Waals surface area (Å²) in [6.45, 7) is 4.13. The molecule has 0 aliphatic carbocycles. The molecule has 2 saturated heterocycles. The largest absolute Gasteiger partial charge is 0.415 e. The van der Waals surface area contributed by atoms with Crippen molar-refractivity contribution in [2.24, 2.45) is 5.92 Å². The first kappa shape index (κ1) is 28.6. The number of carbonyl (C=O) groups is 2. The van der Waals surface area contributed by atoms with Crippen molar-refractivity contribution in [2.75, 3.05) is 43.4 Å². The number of nitrogen functional groups attached to an aromatic ring is 1. The highest BCUT2D eigenvalue weighted by Gasteiger charge is 2.43. The van der Waals surface area contributed by atoms with E-state index in [0.29, 0.717) is 50.4 Å². The summed E-state index contributed by atoms with van der Waals surface area (Å²) in [5.41, 5.74) is 7.32. The third-order valence-electron chi connectivity index (χ3n) is 7.95. The number of aromatic nitrogens is 1. The lowest BCUT2D eigenvalue weighted by Gasteiger charge is -2.34. The topological polar surface area (TPSA) is 92.0 Å². The van der Waals surface area contributed by atoms with Crippen molar-refractivity contribution in [2.45, 2.75) is 31.7 Å². The first-order valence-corrected chi connectivity index (χ1v) is 14.1. The van der Waals surface area contributed by atoms with E-state index >= 15 is 0 Å². The number of anilines is 2. The van der Waals surface area contributed by atoms with E-state index in [2.05, 4.69) is 9.88 Å². The van der Waals surface area contributed by atoms with Gasteiger partial charge in [-0.3, -0.25) is 4.79 Å². The van der Waals surface area contributed by atoms with Crippen LogP contribution in [0.3, 0.4) is 0 Å². The Morgan fingerprint density at radius 2 is 1.80 bits per heavy atom. The Morgan fingerprint density at radius 1 is 1.07 bits per heavy atom. The molecular weight excluding hydrogens is 552 g/mol. The predicted octanol–water partition coefficient (Wildman–Crippen LogP) is 5.33. The predicted molar refractivity (Wildman–Crippen MR) is 153 cm³/mol. The van der Waals surface area contributed by atoms with E-state index in [0.717, 1.165) is 5.69 Å². The zero-order chi connectivity index (χ0) is 29.1. The zero-order valence-corrected chi connectivity index (χ0v) is 23.4. The Morgan fingerprint density at radius 3 is 2.44 bits per heavy atom. The van der Waals surface area contributed by atoms with Crippen LogP contribution in [0, 0.1) is 17.6 Å². The third kappa shape index (κ3) is 6.37. The number of amides is 2. The van der Waals surface area contributed by atoms with Gasteiger partial charge in [0.2, 0.25) is 5.91 Å². The molecule has 0 radical (unpaired) electrons. The number of rotatable bonds is 6. The molecular formula is C30H32ClF2N5O3. The summed E-state index contributed by atoms with van der Waals surface area (Å²) in [4.78, 5) is 36.7. The summed E-state index contributed by atoms with van der Waals surface area (Å²) in [7, 11) is 0. The smallest absolute Gasteiger partial charge is 0.410 e. The number of nitrogens with two attached hydrogens (primary N) is 1. The Hall–Kier alpha value is -3.92. The van der Waals surface area contributed by atoms with E-state index in [1.54, 1.807) is 28.1 Å². The van der Waals surface area contributed by atoms with Gasteiger partial charge in [-0.25, -0.2) is 18.6 Å². The Balaban J connectivity index is 1.33. The second-order valence-corrected chi connectivity index (χ2v) is 10.8. The Kier molecular flexibility index (Phi) is 8.58. The molecule has 2 aliphatic heterocycles. The maximum absolute atomic E-state index is 14.5. The monoisotopic (exact) mass is 583 g/mol. The van der Waals surface area contributed by atoms with Crippen molar-refractivity contribution in [1.29, 1.82) is 0 Å². The van der Waals surface area contributed by atoms with Gasteiger partial charge in [0.1, 0.15) is 23.2 Å². The highest BCUT2D eigenvalue weighted by molar-refractivity contribution is 6.30. The van der Waals surface area contributed by atoms with Crippen molar-refractivity contribution in [1.82, 2.24) is 14.8 Å². The van der Waals surface area contributed by atoms with Gasteiger partial charge in [0.05, 0.1) is 22.9 Å². The van der Waals surface area contributed by atoms with Gasteiger partial charge in [0.15, 0.2) is 0 Å². The number of nitrogens with zero attached hydrogens (tertiary/aromatic N) is 4. The second-order valence-electron chi connectivity index (χ2n) is 10.4. The number of carbonyl (C=O) groups excluding carboxylic acids is 2. The number of pyridine rings is 1. The van der Waals surface area contributed by atoms with Crippen molar-refractivity contribution >= 4 is 35.1 Å². The van der Waals surface area contributed by atoms with Crippen LogP contribution in [0.15, 0.2) is 60.8 Å². The standard InChI is InChI=1S/C30H32ClF2N5O3/c1-2-38(30(40)41-23-7-4-21(32)5-8-23)27-18-37(17-24(27)20-3-9-25(31)26(33)15-20)29(39)19-11-13-36(14-12-19)22-6-10-28(34)35-16-22/h3-10,15-16,19,24,27H,2,11-14,17-18H2,1H3,(H2,34,35)/t24-,27+/m0/s1. The van der Waals surface area contributed by atoms with Crippen LogP contribution in [-0.2, 0) is 4.79 Å². The summed E-state index contributed by atoms with van der Waals surface area (Å²) in [5, 5.41) is 0.00218. The van der Waals surface area contributed by atoms with Crippen LogP contribution in [0.25, 0.3) is 0 Å². The number of piperidine rings is 1. The maximum Gasteiger partial charge on any atom is 0.415 e. The molecule has 2 atom stereocenters. The van der Waals surface area contributed by atoms with Crippen LogP contribution < -0.4 is 15.4 Å². The van der Waals surface area contributed by atoms with Crippen molar-refractivity contribution < 1.29 is 23.1 Å². The number of halogens is 3. The molecule has 1 aromatic heterocycles. The summed E-state index contributed by atoms with van der Waals surface area (Å²) in [6, 6.07) is 13.0. The summed E-state index contributed by atoms with van der Waals surface area (Å²) < 4.78 is 33.4. The number of likely N-dealkylation sites (tertiary alicyclic amines) is 1. The van der Waals surface area contributed by atoms with E-state index in [4.69, 9.17) is 22.1 Å². The highest BCUT2D eigenvalue weighted by Crippen LogP contribution is 2.35. The van der Waals surface area contributed by atoms with Crippen LogP contribution in [-0.4, -0.2) is 65.5 Å². The molecule has 3 aromatic rings. The van der Waals surface area contributed by atoms with Crippen LogP contribution in [0.4, 0.5) is 25.1 Å². The van der Waals surface area contributed by atoms with E-state index in [1.807, 2.05) is 13.0 Å². The fraction of sp³-hybridized carbons (Fsp3) is 0.367. The number of likely N-dealkylation sites (N-methyl/N-ethyl adjacent to an activating group) is 1. The molecule has 41 heavy (non-hydrogen) atoms. The Labute approximate surface area is 242 Å². The number of ether oxygens (including phenoxy) is 1. The fourth-order valence-electron chi connectivity index (χ4n) is 5.74. The molecule has 0 saturated carbocycles. The van der Waals surface area contributed by atoms with Gasteiger partial charge in [-0.2, -0.15) is 0 Å². The van der Waals surface area contributed by atoms with Gasteiger partial charge in [-0.05, 0) is 73.9 Å². The van der Waals surface area contributed by atoms with Crippen LogP contribution in [0.1, 0.15) is 31.2 Å². The summed E-state index contributed by atoms with van der Waals surface area (Å²) in [6.07, 6.45) is 2.47. The summed E-state index contributed by atoms with van der Waals surface area (Å²) in [5.74, 6) is -0.844. The lowest BCUT2D eigenvalue weighted by Crippen LogP contribution is -2.47. The molecule has 2 aromatic carbocycles. The van der Waals surface area contributed by atoms with Gasteiger partial charge in [0, 0.05) is 44.6 Å². The highest BCUT2D eigenvalue weighted by atomic mass is 35.5. The normalized spacial score (nSPS) is 19.3. The molecule has 11 heteroatoms. The minimum atomic E-state index is -0.622. The van der Waals surface area contributed by atoms with E-state index in [-0.39, 0.29) is 35.1 Å². The minimum absolute atomic E-state index is 0.00218. The average Bonchev–Trinajstić information content (AvgIpc) is 3.41. The molecule has 2 N–H and O–H groups in total. The molecule has 0 spiro atoms. The lowest BCUT2D eigenvalue weighted by molar-refractivity contribution is -0.135. The Bertz CT molecular complexity index is 1380. The maximum atomic E-state index is 14.5. The molecule has 2 fully saturated rings. The second kappa shape index (κ2) is 12.3. The molecule has 8 nitrogen and oxygen atoms in total. The number of hydrogen-bond acceptors (Lipinski definition) is 6. The van der Waals surface area contributed by atoms with Crippen molar-refractivity contribution in [3.05, 3.63) is 83.0 Å². The van der Waals surface area contributed by atoms with Gasteiger partial charge in [-0.1, -0.05) is 17.7 Å². The lowest BCUT2D eigenvalue weighted by atomic mass is 9.93. The van der Waals surface area contributed by atoms with Crippen LogP contribution in [0.5, 0.6) is 5.75 Å². The minimum Gasteiger partial charge on any atom is -0.410 e. The van der Waals surface area contributed by atoms with Crippen LogP contribution >= 0.6 is 11.6 Å². The van der Waals surface area contributed by atoms with Gasteiger partial charge in [0.25, 0.3) is 0 Å². The van der Waals surface area contributed by atoms with Crippen molar-refractivity contribution in [3.8, 4) is 5.75 Å². The first-order valence-electron chi connectivity index (χ1n) is 13.7. The summed E-state index contributed by atoms with van der Waals surface area (Å²) >= 11 is 5.94. The molecule has 0 bridgehead atoms. The first-order chi connectivity index (χ1) is 19.7. The SMILES string of the molecule is CCN(C(=O)Oc1ccc(F)cc1)[C@@H]1CN(C(=O)C2CCN(c3ccc(N)nc3)CC2)C[C@H]1c1ccc(Cl)c(F)c1. The molecule has 5 rings (SSSR count). The molecule has 0 unspecified atom stereocenters. The quantitative estimate of drug-likeness (QED) is 0.422. The average molecular weight is 584 g/mol. The zero-order valence-electron chi connectivity index (χ0n) is 22.7. The van der Waals surface area contributed by atoms with Gasteiger partial charge >= 0.3 is 6.09 Å². The van der Waals surface area contributed by atoms with Crippen LogP contribution in [0.2, 0.25) is 5.02 Å². The number of hydrogen-bond donors (Lipinski definition) is 1. The molecule has 2 amide bonds. The van der Waals surface area contributed by atoms with Gasteiger partial charge in [-0.15, -0.1) is 0 Å². The number of benzene rings is 2. The van der Waals surface area contributed by atoms with E-state index in [1.165, 1.54) is 36.4 Å².